The minimum absolute atomic E-state index is 0.0614. The molecule has 71 heavy (non-hydrogen) atoms. The van der Waals surface area contributed by atoms with Gasteiger partial charge in [-0.05, 0) is 103 Å². The molecule has 5 aliphatic heterocycles. The van der Waals surface area contributed by atoms with E-state index >= 15 is 0 Å². The second-order valence-electron chi connectivity index (χ2n) is 19.1. The summed E-state index contributed by atoms with van der Waals surface area (Å²) in [6, 6.07) is 12.4. The molecule has 0 radical (unpaired) electrons. The van der Waals surface area contributed by atoms with Crippen molar-refractivity contribution in [3.8, 4) is 5.75 Å². The molecule has 370 valence electrons. The summed E-state index contributed by atoms with van der Waals surface area (Å²) in [6.45, 7) is 11.5. The highest BCUT2D eigenvalue weighted by atomic mass is 79.9. The van der Waals surface area contributed by atoms with Gasteiger partial charge < -0.3 is 34.6 Å². The van der Waals surface area contributed by atoms with Gasteiger partial charge in [0.1, 0.15) is 30.3 Å². The van der Waals surface area contributed by atoms with Gasteiger partial charge in [0, 0.05) is 101 Å². The van der Waals surface area contributed by atoms with Gasteiger partial charge in [0.2, 0.25) is 23.7 Å². The molecule has 3 aromatic carbocycles. The normalized spacial score (nSPS) is 20.2. The number of amides is 5. The van der Waals surface area contributed by atoms with Crippen LogP contribution in [0.1, 0.15) is 65.3 Å². The summed E-state index contributed by atoms with van der Waals surface area (Å²) < 4.78 is 20.1. The molecular weight excluding hydrogens is 992 g/mol. The first-order chi connectivity index (χ1) is 34.2. The van der Waals surface area contributed by atoms with Crippen LogP contribution in [-0.2, 0) is 25.4 Å². The van der Waals surface area contributed by atoms with Crippen LogP contribution in [0.4, 0.5) is 34.5 Å². The number of methoxy groups -OCH3 is 1. The number of anilines is 6. The Hall–Kier alpha value is -6.50. The number of ether oxygens (including phenoxy) is 1. The predicted octanol–water partition coefficient (Wildman–Crippen LogP) is 5.53. The van der Waals surface area contributed by atoms with Crippen molar-refractivity contribution in [1.82, 2.24) is 40.0 Å². The van der Waals surface area contributed by atoms with E-state index in [0.29, 0.717) is 82.7 Å². The van der Waals surface area contributed by atoms with Crippen LogP contribution in [0, 0.1) is 5.92 Å². The third-order valence-electron chi connectivity index (χ3n) is 14.5. The average molecular weight is 1050 g/mol. The van der Waals surface area contributed by atoms with Crippen molar-refractivity contribution in [2.45, 2.75) is 57.5 Å². The van der Waals surface area contributed by atoms with Crippen LogP contribution in [0.25, 0.3) is 11.0 Å². The van der Waals surface area contributed by atoms with Gasteiger partial charge in [-0.1, -0.05) is 6.92 Å². The molecule has 4 fully saturated rings. The van der Waals surface area contributed by atoms with Crippen molar-refractivity contribution in [1.29, 1.82) is 0 Å². The minimum Gasteiger partial charge on any atom is -0.494 e. The van der Waals surface area contributed by atoms with Crippen LogP contribution in [0.3, 0.4) is 0 Å². The summed E-state index contributed by atoms with van der Waals surface area (Å²) in [5.74, 6) is -0.653. The maximum atomic E-state index is 13.9. The number of aryl methyl sites for hydroxylation is 1. The third-order valence-corrected chi connectivity index (χ3v) is 16.6. The van der Waals surface area contributed by atoms with Crippen LogP contribution < -0.4 is 35.8 Å². The number of piperazine rings is 1. The number of carbonyl (C=O) groups is 5. The molecule has 4 saturated heterocycles. The van der Waals surface area contributed by atoms with Crippen molar-refractivity contribution in [3.63, 3.8) is 0 Å². The first-order valence-electron chi connectivity index (χ1n) is 24.1. The molecule has 10 rings (SSSR count). The monoisotopic (exact) mass is 1050 g/mol. The van der Waals surface area contributed by atoms with E-state index in [9.17, 15) is 28.5 Å². The molecule has 19 nitrogen and oxygen atoms in total. The smallest absolute Gasteiger partial charge is 0.262 e. The Bertz CT molecular complexity index is 3030. The third kappa shape index (κ3) is 9.44. The highest BCUT2D eigenvalue weighted by Crippen LogP contribution is 2.42. The van der Waals surface area contributed by atoms with E-state index in [1.807, 2.05) is 17.0 Å². The van der Waals surface area contributed by atoms with Gasteiger partial charge in [0.15, 0.2) is 0 Å². The standard InChI is InChI=1S/C50H56BrN12O7P/c1-5-29-24-38(56-50-54-27-35(51)45(58-50)55-37-9-8-36-43(53-16-15-52-36)44(37)71(3,4)69)41(70-2)26-40(29)60-18-13-31(14-19-60)59-20-22-61(23-21-59)47(66)30-12-17-62(28-30)32-6-7-33-34(25-32)49(68)63(48(33)67)39-10-11-42(64)57-46(39)65/h6-9,15-16,24-27,30-31,39H,5,10-14,17-23,28H2,1-4H3,(H,57,64,65)(H2,54,55,56,58)/t30-,39?/m1/s1. The van der Waals surface area contributed by atoms with E-state index in [0.717, 1.165) is 67.4 Å². The molecule has 0 spiro atoms. The molecule has 1 unspecified atom stereocenters. The van der Waals surface area contributed by atoms with Crippen molar-refractivity contribution < 1.29 is 33.3 Å². The van der Waals surface area contributed by atoms with Crippen LogP contribution >= 0.6 is 23.1 Å². The molecule has 2 atom stereocenters. The SMILES string of the molecule is CCc1cc(Nc2ncc(Br)c(Nc3ccc4nccnc4c3P(C)(C)=O)n2)c(OC)cc1N1CCC(N2CCN(C(=O)[C@@H]3CCN(c4ccc5c(c4)C(=O)N(C4CCC(=O)NC4=O)C5=O)C3)CC2)CC1. The minimum atomic E-state index is -2.80. The maximum absolute atomic E-state index is 13.9. The topological polar surface area (TPSA) is 216 Å². The van der Waals surface area contributed by atoms with Crippen LogP contribution in [0.15, 0.2) is 65.5 Å². The Morgan fingerprint density at radius 1 is 0.845 bits per heavy atom. The van der Waals surface area contributed by atoms with Crippen LogP contribution in [0.5, 0.6) is 5.75 Å². The molecule has 0 saturated carbocycles. The van der Waals surface area contributed by atoms with Gasteiger partial charge in [0.05, 0.1) is 50.8 Å². The summed E-state index contributed by atoms with van der Waals surface area (Å²) in [7, 11) is -1.14. The molecule has 3 N–H and O–H groups in total. The Balaban J connectivity index is 0.732. The number of hydrogen-bond donors (Lipinski definition) is 3. The Kier molecular flexibility index (Phi) is 13.3. The Morgan fingerprint density at radius 3 is 2.32 bits per heavy atom. The van der Waals surface area contributed by atoms with Crippen LogP contribution in [0.2, 0.25) is 0 Å². The summed E-state index contributed by atoms with van der Waals surface area (Å²) in [5.41, 5.74) is 6.14. The fourth-order valence-electron chi connectivity index (χ4n) is 10.8. The second-order valence-corrected chi connectivity index (χ2v) is 23.1. The molecular formula is C50H56BrN12O7P. The number of fused-ring (bicyclic) bond motifs is 2. The lowest BCUT2D eigenvalue weighted by atomic mass is 9.99. The molecule has 5 aliphatic rings. The van der Waals surface area contributed by atoms with E-state index in [-0.39, 0.29) is 35.8 Å². The highest BCUT2D eigenvalue weighted by molar-refractivity contribution is 9.10. The lowest BCUT2D eigenvalue weighted by Gasteiger charge is -2.44. The first-order valence-corrected chi connectivity index (χ1v) is 27.5. The number of imide groups is 2. The summed E-state index contributed by atoms with van der Waals surface area (Å²) in [6.07, 6.45) is 8.53. The predicted molar refractivity (Wildman–Crippen MR) is 274 cm³/mol. The number of aromatic nitrogens is 4. The molecule has 0 aliphatic carbocycles. The van der Waals surface area contributed by atoms with Crippen molar-refractivity contribution in [2.75, 3.05) is 93.2 Å². The van der Waals surface area contributed by atoms with E-state index in [4.69, 9.17) is 9.72 Å². The maximum Gasteiger partial charge on any atom is 0.262 e. The van der Waals surface area contributed by atoms with Gasteiger partial charge in [-0.2, -0.15) is 4.98 Å². The van der Waals surface area contributed by atoms with Crippen molar-refractivity contribution >= 4 is 103 Å². The van der Waals surface area contributed by atoms with E-state index in [1.165, 1.54) is 5.56 Å². The first kappa shape index (κ1) is 48.1. The number of carbonyl (C=O) groups excluding carboxylic acids is 5. The molecule has 2 aromatic heterocycles. The zero-order valence-electron chi connectivity index (χ0n) is 40.1. The van der Waals surface area contributed by atoms with Gasteiger partial charge in [0.25, 0.3) is 11.8 Å². The van der Waals surface area contributed by atoms with Gasteiger partial charge >= 0.3 is 0 Å². The number of nitrogens with zero attached hydrogens (tertiary/aromatic N) is 9. The number of hydrogen-bond acceptors (Lipinski definition) is 16. The number of halogens is 1. The fourth-order valence-corrected chi connectivity index (χ4v) is 12.5. The second kappa shape index (κ2) is 19.6. The van der Waals surface area contributed by atoms with Gasteiger partial charge in [-0.15, -0.1) is 0 Å². The number of benzene rings is 3. The summed E-state index contributed by atoms with van der Waals surface area (Å²) in [5, 5.41) is 9.59. The lowest BCUT2D eigenvalue weighted by Crippen LogP contribution is -2.55. The molecule has 5 amide bonds. The van der Waals surface area contributed by atoms with Crippen molar-refractivity contribution in [3.05, 3.63) is 82.2 Å². The van der Waals surface area contributed by atoms with Crippen LogP contribution in [-0.4, -0.2) is 149 Å². The number of nitrogens with one attached hydrogen (secondary N) is 3. The molecule has 5 aromatic rings. The van der Waals surface area contributed by atoms with E-state index in [1.54, 1.807) is 57.2 Å². The lowest BCUT2D eigenvalue weighted by molar-refractivity contribution is -0.137. The summed E-state index contributed by atoms with van der Waals surface area (Å²) >= 11 is 3.59. The van der Waals surface area contributed by atoms with E-state index in [2.05, 4.69) is 80.6 Å². The zero-order valence-corrected chi connectivity index (χ0v) is 42.6. The van der Waals surface area contributed by atoms with Gasteiger partial charge in [-0.25, -0.2) is 4.98 Å². The molecule has 7 heterocycles. The Morgan fingerprint density at radius 2 is 1.59 bits per heavy atom. The quantitative estimate of drug-likeness (QED) is 0.103. The Labute approximate surface area is 419 Å². The van der Waals surface area contributed by atoms with Gasteiger partial charge in [-0.3, -0.25) is 49.1 Å². The van der Waals surface area contributed by atoms with Crippen molar-refractivity contribution in [2.24, 2.45) is 5.92 Å². The molecule has 0 bridgehead atoms. The highest BCUT2D eigenvalue weighted by Gasteiger charge is 2.45. The summed E-state index contributed by atoms with van der Waals surface area (Å²) in [4.78, 5) is 93.1. The number of piperidine rings is 2. The number of rotatable bonds is 12. The zero-order chi connectivity index (χ0) is 49.7. The van der Waals surface area contributed by atoms with E-state index < -0.39 is 36.8 Å². The largest absolute Gasteiger partial charge is 0.494 e. The average Bonchev–Trinajstić information content (AvgIpc) is 3.96. The fraction of sp³-hybridized carbons (Fsp3) is 0.420. The molecule has 21 heteroatoms.